The number of carbonyl (C=O) groups excluding carboxylic acids is 2. The third kappa shape index (κ3) is 6.80. The molecule has 0 radical (unpaired) electrons. The number of rotatable bonds is 7. The van der Waals surface area contributed by atoms with Crippen LogP contribution in [-0.2, 0) is 22.4 Å². The van der Waals surface area contributed by atoms with E-state index < -0.39 is 0 Å². The van der Waals surface area contributed by atoms with Crippen LogP contribution in [0.15, 0.2) is 42.6 Å². The lowest BCUT2D eigenvalue weighted by Gasteiger charge is -2.17. The van der Waals surface area contributed by atoms with Crippen LogP contribution < -0.4 is 10.1 Å². The maximum atomic E-state index is 12.7. The Morgan fingerprint density at radius 1 is 1.16 bits per heavy atom. The van der Waals surface area contributed by atoms with E-state index in [0.29, 0.717) is 29.8 Å². The molecule has 1 atom stereocenters. The van der Waals surface area contributed by atoms with Crippen LogP contribution in [-0.4, -0.2) is 59.5 Å². The smallest absolute Gasteiger partial charge is 0.290 e. The molecule has 2 heterocycles. The van der Waals surface area contributed by atoms with Crippen molar-refractivity contribution >= 4 is 18.3 Å². The average Bonchev–Trinajstić information content (AvgIpc) is 3.49. The van der Waals surface area contributed by atoms with Crippen LogP contribution in [0.1, 0.15) is 40.7 Å². The van der Waals surface area contributed by atoms with Gasteiger partial charge in [0.25, 0.3) is 12.4 Å². The second kappa shape index (κ2) is 11.3. The number of carbonyl (C=O) groups is 3. The van der Waals surface area contributed by atoms with Crippen molar-refractivity contribution in [1.82, 2.24) is 15.2 Å². The summed E-state index contributed by atoms with van der Waals surface area (Å²) in [6.45, 7) is 1.28. The fourth-order valence-electron chi connectivity index (χ4n) is 3.81. The van der Waals surface area contributed by atoms with Crippen LogP contribution >= 0.6 is 0 Å². The van der Waals surface area contributed by atoms with E-state index in [1.54, 1.807) is 25.4 Å². The Labute approximate surface area is 187 Å². The zero-order valence-electron chi connectivity index (χ0n) is 18.2. The number of hydrogen-bond donors (Lipinski definition) is 2. The first-order chi connectivity index (χ1) is 15.5. The predicted octanol–water partition coefficient (Wildman–Crippen LogP) is 2.32. The Hall–Kier alpha value is -3.42. The van der Waals surface area contributed by atoms with Gasteiger partial charge in [0.15, 0.2) is 0 Å². The Balaban J connectivity index is 0.000000913. The summed E-state index contributed by atoms with van der Waals surface area (Å²) in [6.07, 6.45) is 6.19. The Bertz CT molecular complexity index is 910. The molecule has 1 saturated carbocycles. The summed E-state index contributed by atoms with van der Waals surface area (Å²) in [5, 5.41) is 9.91. The Morgan fingerprint density at radius 3 is 2.44 bits per heavy atom. The van der Waals surface area contributed by atoms with Gasteiger partial charge in [-0.1, -0.05) is 24.3 Å². The van der Waals surface area contributed by atoms with E-state index in [0.717, 1.165) is 44.3 Å². The first-order valence-corrected chi connectivity index (χ1v) is 10.8. The van der Waals surface area contributed by atoms with Crippen molar-refractivity contribution in [3.63, 3.8) is 0 Å². The van der Waals surface area contributed by atoms with E-state index in [1.165, 1.54) is 5.56 Å². The summed E-state index contributed by atoms with van der Waals surface area (Å²) in [4.78, 5) is 39.0. The van der Waals surface area contributed by atoms with E-state index in [4.69, 9.17) is 14.6 Å². The van der Waals surface area contributed by atoms with Crippen LogP contribution in [0.3, 0.4) is 0 Å². The number of benzene rings is 1. The van der Waals surface area contributed by atoms with Crippen molar-refractivity contribution in [3.8, 4) is 5.88 Å². The summed E-state index contributed by atoms with van der Waals surface area (Å²) in [6, 6.07) is 12.2. The molecule has 0 spiro atoms. The molecule has 8 heteroatoms. The fraction of sp³-hybridized carbons (Fsp3) is 0.417. The van der Waals surface area contributed by atoms with Crippen molar-refractivity contribution in [2.45, 2.75) is 38.1 Å². The highest BCUT2D eigenvalue weighted by Gasteiger charge is 2.27. The van der Waals surface area contributed by atoms with Gasteiger partial charge in [-0.15, -0.1) is 0 Å². The number of hydrogen-bond acceptors (Lipinski definition) is 5. The molecular weight excluding hydrogens is 410 g/mol. The summed E-state index contributed by atoms with van der Waals surface area (Å²) < 4.78 is 5.05. The molecule has 1 unspecified atom stereocenters. The number of pyridine rings is 1. The van der Waals surface area contributed by atoms with Gasteiger partial charge in [0.2, 0.25) is 11.8 Å². The molecule has 32 heavy (non-hydrogen) atoms. The van der Waals surface area contributed by atoms with E-state index in [1.807, 2.05) is 17.0 Å². The van der Waals surface area contributed by atoms with Crippen molar-refractivity contribution in [2.75, 3.05) is 20.2 Å². The Kier molecular flexibility index (Phi) is 8.19. The number of nitrogens with one attached hydrogen (secondary N) is 1. The number of amides is 2. The molecule has 1 aromatic heterocycles. The fourth-order valence-corrected chi connectivity index (χ4v) is 3.81. The van der Waals surface area contributed by atoms with Gasteiger partial charge >= 0.3 is 0 Å². The third-order valence-corrected chi connectivity index (χ3v) is 5.62. The highest BCUT2D eigenvalue weighted by atomic mass is 16.5. The summed E-state index contributed by atoms with van der Waals surface area (Å²) in [7, 11) is 1.56. The van der Waals surface area contributed by atoms with Gasteiger partial charge in [0, 0.05) is 31.4 Å². The minimum Gasteiger partial charge on any atom is -0.483 e. The molecule has 2 aromatic rings. The zero-order chi connectivity index (χ0) is 22.9. The highest BCUT2D eigenvalue weighted by Crippen LogP contribution is 2.23. The monoisotopic (exact) mass is 439 g/mol. The first kappa shape index (κ1) is 23.2. The van der Waals surface area contributed by atoms with Crippen LogP contribution in [0.2, 0.25) is 0 Å². The molecule has 2 aliphatic rings. The molecule has 1 saturated heterocycles. The number of carboxylic acid groups (broad SMARTS) is 1. The number of nitrogens with zero attached hydrogens (tertiary/aromatic N) is 2. The number of methoxy groups -OCH3 is 1. The molecule has 2 amide bonds. The number of aromatic nitrogens is 1. The SMILES string of the molecule is COc1ccc(C(=O)N2CCC(Cc3ccc(CC(=O)NC4CC4)cc3)C2)cn1.O=CO. The maximum Gasteiger partial charge on any atom is 0.290 e. The van der Waals surface area contributed by atoms with E-state index in [2.05, 4.69) is 22.4 Å². The lowest BCUT2D eigenvalue weighted by Crippen LogP contribution is -2.29. The predicted molar refractivity (Wildman–Crippen MR) is 119 cm³/mol. The molecule has 2 N–H and O–H groups in total. The highest BCUT2D eigenvalue weighted by molar-refractivity contribution is 5.94. The second-order valence-corrected chi connectivity index (χ2v) is 8.14. The van der Waals surface area contributed by atoms with E-state index in [9.17, 15) is 9.59 Å². The van der Waals surface area contributed by atoms with Gasteiger partial charge in [-0.3, -0.25) is 14.4 Å². The lowest BCUT2D eigenvalue weighted by atomic mass is 9.97. The minimum atomic E-state index is -0.250. The van der Waals surface area contributed by atoms with Crippen molar-refractivity contribution < 1.29 is 24.2 Å². The molecular formula is C24H29N3O5. The van der Waals surface area contributed by atoms with Crippen LogP contribution in [0.5, 0.6) is 5.88 Å². The van der Waals surface area contributed by atoms with Gasteiger partial charge in [-0.05, 0) is 48.8 Å². The number of likely N-dealkylation sites (tertiary alicyclic amines) is 1. The van der Waals surface area contributed by atoms with Crippen LogP contribution in [0, 0.1) is 5.92 Å². The average molecular weight is 440 g/mol. The zero-order valence-corrected chi connectivity index (χ0v) is 18.2. The first-order valence-electron chi connectivity index (χ1n) is 10.8. The van der Waals surface area contributed by atoms with Gasteiger partial charge in [-0.25, -0.2) is 4.98 Å². The maximum absolute atomic E-state index is 12.7. The normalized spacial score (nSPS) is 17.2. The number of ether oxygens (including phenoxy) is 1. The van der Waals surface area contributed by atoms with Crippen molar-refractivity contribution in [2.24, 2.45) is 5.92 Å². The van der Waals surface area contributed by atoms with E-state index in [-0.39, 0.29) is 18.3 Å². The molecule has 0 bridgehead atoms. The molecule has 170 valence electrons. The molecule has 4 rings (SSSR count). The van der Waals surface area contributed by atoms with Crippen LogP contribution in [0.25, 0.3) is 0 Å². The van der Waals surface area contributed by atoms with Crippen molar-refractivity contribution in [1.29, 1.82) is 0 Å². The molecule has 8 nitrogen and oxygen atoms in total. The van der Waals surface area contributed by atoms with Gasteiger partial charge in [0.1, 0.15) is 0 Å². The summed E-state index contributed by atoms with van der Waals surface area (Å²) in [5.74, 6) is 1.10. The van der Waals surface area contributed by atoms with Crippen LogP contribution in [0.4, 0.5) is 0 Å². The summed E-state index contributed by atoms with van der Waals surface area (Å²) in [5.41, 5.74) is 2.89. The second-order valence-electron chi connectivity index (χ2n) is 8.14. The quantitative estimate of drug-likeness (QED) is 0.641. The van der Waals surface area contributed by atoms with Gasteiger partial charge in [0.05, 0.1) is 19.1 Å². The Morgan fingerprint density at radius 2 is 1.84 bits per heavy atom. The minimum absolute atomic E-state index is 0.0275. The van der Waals surface area contributed by atoms with E-state index >= 15 is 0 Å². The van der Waals surface area contributed by atoms with Crippen molar-refractivity contribution in [3.05, 3.63) is 59.3 Å². The third-order valence-electron chi connectivity index (χ3n) is 5.62. The molecule has 1 aromatic carbocycles. The van der Waals surface area contributed by atoms with Gasteiger partial charge < -0.3 is 20.1 Å². The molecule has 1 aliphatic carbocycles. The molecule has 1 aliphatic heterocycles. The topological polar surface area (TPSA) is 109 Å². The largest absolute Gasteiger partial charge is 0.483 e. The molecule has 2 fully saturated rings. The summed E-state index contributed by atoms with van der Waals surface area (Å²) >= 11 is 0. The van der Waals surface area contributed by atoms with Gasteiger partial charge in [-0.2, -0.15) is 0 Å². The lowest BCUT2D eigenvalue weighted by molar-refractivity contribution is -0.123. The standard InChI is InChI=1S/C23H27N3O3.CH2O2/c1-29-22-9-6-19(14-24-22)23(28)26-11-10-18(15-26)12-16-2-4-17(5-3-16)13-21(27)25-20-7-8-20;2-1-3/h2-6,9,14,18,20H,7-8,10-13,15H2,1H3,(H,25,27);1H,(H,2,3).